The molecule has 0 amide bonds. The summed E-state index contributed by atoms with van der Waals surface area (Å²) in [5.74, 6) is -3.57. The average Bonchev–Trinajstić information content (AvgIpc) is 2.21. The Bertz CT molecular complexity index is 255. The van der Waals surface area contributed by atoms with Gasteiger partial charge in [-0.1, -0.05) is 52.9 Å². The Labute approximate surface area is 180 Å². The number of unbranched alkanes of at least 4 members (excludes halogenated alkanes) is 4. The number of carboxylic acid groups (broad SMARTS) is 2. The van der Waals surface area contributed by atoms with E-state index in [1.807, 2.05) is 0 Å². The predicted octanol–water partition coefficient (Wildman–Crippen LogP) is -5.50. The zero-order chi connectivity index (χ0) is 13.5. The quantitative estimate of drug-likeness (QED) is 0.242. The zero-order valence-electron chi connectivity index (χ0n) is 13.0. The third-order valence-corrected chi connectivity index (χ3v) is 3.39. The van der Waals surface area contributed by atoms with Crippen LogP contribution in [0.2, 0.25) is 0 Å². The number of hydrogen-bond donors (Lipinski definition) is 0. The SMILES string of the molecule is CCCCCCCC(C(=O)[O-])(C(=O)[O-])C(C)C.[K+].[Na+]. The van der Waals surface area contributed by atoms with Gasteiger partial charge in [0.15, 0.2) is 0 Å². The molecule has 0 spiro atoms. The topological polar surface area (TPSA) is 80.3 Å². The summed E-state index contributed by atoms with van der Waals surface area (Å²) in [6, 6.07) is 0. The van der Waals surface area contributed by atoms with Crippen molar-refractivity contribution in [2.24, 2.45) is 11.3 Å². The van der Waals surface area contributed by atoms with Gasteiger partial charge in [-0.15, -0.1) is 0 Å². The van der Waals surface area contributed by atoms with E-state index in [0.717, 1.165) is 25.7 Å². The first kappa shape index (κ1) is 25.5. The Morgan fingerprint density at radius 2 is 1.42 bits per heavy atom. The molecular formula is C13H22KNaO4. The second-order valence-corrected chi connectivity index (χ2v) is 4.87. The second kappa shape index (κ2) is 13.3. The first-order chi connectivity index (χ1) is 7.89. The molecule has 0 aliphatic carbocycles. The molecule has 0 aliphatic heterocycles. The smallest absolute Gasteiger partial charge is 0.549 e. The summed E-state index contributed by atoms with van der Waals surface area (Å²) in [5.41, 5.74) is -1.84. The molecule has 0 saturated carbocycles. The summed E-state index contributed by atoms with van der Waals surface area (Å²) < 4.78 is 0. The summed E-state index contributed by atoms with van der Waals surface area (Å²) >= 11 is 0. The standard InChI is InChI=1S/C13H24O4.K.Na/c1-4-5-6-7-8-9-13(10(2)3,11(14)15)12(16)17;;/h10H,4-9H2,1-3H3,(H,14,15)(H,16,17);;/q;2*+1/p-2. The van der Waals surface area contributed by atoms with Crippen molar-refractivity contribution in [3.8, 4) is 0 Å². The van der Waals surface area contributed by atoms with Crippen LogP contribution in [0.15, 0.2) is 0 Å². The van der Waals surface area contributed by atoms with Crippen LogP contribution in [-0.2, 0) is 9.59 Å². The molecule has 0 aromatic rings. The summed E-state index contributed by atoms with van der Waals surface area (Å²) in [5, 5.41) is 22.2. The Morgan fingerprint density at radius 1 is 1.00 bits per heavy atom. The second-order valence-electron chi connectivity index (χ2n) is 4.87. The molecular weight excluding hydrogens is 282 g/mol. The van der Waals surface area contributed by atoms with E-state index in [0.29, 0.717) is 6.42 Å². The van der Waals surface area contributed by atoms with E-state index >= 15 is 0 Å². The van der Waals surface area contributed by atoms with Crippen LogP contribution < -0.4 is 91.2 Å². The van der Waals surface area contributed by atoms with Gasteiger partial charge in [-0.25, -0.2) is 0 Å². The van der Waals surface area contributed by atoms with Gasteiger partial charge in [0.05, 0.1) is 17.4 Å². The fourth-order valence-electron chi connectivity index (χ4n) is 2.05. The van der Waals surface area contributed by atoms with Gasteiger partial charge in [0.1, 0.15) is 0 Å². The molecule has 0 fully saturated rings. The van der Waals surface area contributed by atoms with E-state index in [-0.39, 0.29) is 87.4 Å². The van der Waals surface area contributed by atoms with Crippen LogP contribution in [0, 0.1) is 11.3 Å². The van der Waals surface area contributed by atoms with E-state index in [4.69, 9.17) is 0 Å². The number of carbonyl (C=O) groups excluding carboxylic acids is 2. The van der Waals surface area contributed by atoms with Crippen molar-refractivity contribution in [2.45, 2.75) is 59.3 Å². The first-order valence-electron chi connectivity index (χ1n) is 6.32. The van der Waals surface area contributed by atoms with Crippen LogP contribution >= 0.6 is 0 Å². The molecule has 19 heavy (non-hydrogen) atoms. The van der Waals surface area contributed by atoms with Crippen LogP contribution in [0.1, 0.15) is 59.3 Å². The number of carbonyl (C=O) groups is 2. The van der Waals surface area contributed by atoms with E-state index in [1.165, 1.54) is 0 Å². The van der Waals surface area contributed by atoms with Crippen molar-refractivity contribution in [1.29, 1.82) is 0 Å². The maximum absolute atomic E-state index is 11.1. The molecule has 4 nitrogen and oxygen atoms in total. The molecule has 0 aromatic carbocycles. The molecule has 0 rings (SSSR count). The average molecular weight is 304 g/mol. The maximum Gasteiger partial charge on any atom is 1.00 e. The van der Waals surface area contributed by atoms with Crippen LogP contribution in [0.4, 0.5) is 0 Å². The molecule has 0 N–H and O–H groups in total. The molecule has 0 aliphatic rings. The van der Waals surface area contributed by atoms with Gasteiger partial charge in [0.25, 0.3) is 0 Å². The van der Waals surface area contributed by atoms with Gasteiger partial charge in [-0.05, 0) is 12.3 Å². The molecule has 0 aromatic heterocycles. The van der Waals surface area contributed by atoms with Gasteiger partial charge >= 0.3 is 80.9 Å². The monoisotopic (exact) mass is 304 g/mol. The van der Waals surface area contributed by atoms with Gasteiger partial charge in [0, 0.05) is 0 Å². The van der Waals surface area contributed by atoms with E-state index in [2.05, 4.69) is 6.92 Å². The molecule has 0 radical (unpaired) electrons. The van der Waals surface area contributed by atoms with Crippen molar-refractivity contribution >= 4 is 11.9 Å². The Hall–Kier alpha value is 1.58. The summed E-state index contributed by atoms with van der Waals surface area (Å²) in [7, 11) is 0. The predicted molar refractivity (Wildman–Crippen MR) is 60.7 cm³/mol. The van der Waals surface area contributed by atoms with Crippen LogP contribution in [0.5, 0.6) is 0 Å². The third-order valence-electron chi connectivity index (χ3n) is 3.39. The molecule has 0 atom stereocenters. The Balaban J connectivity index is -0.00000128. The zero-order valence-corrected chi connectivity index (χ0v) is 18.1. The molecule has 0 bridgehead atoms. The van der Waals surface area contributed by atoms with Crippen LogP contribution in [-0.4, -0.2) is 11.9 Å². The van der Waals surface area contributed by atoms with E-state index in [9.17, 15) is 19.8 Å². The van der Waals surface area contributed by atoms with Gasteiger partial charge in [-0.2, -0.15) is 0 Å². The minimum absolute atomic E-state index is 0. The summed E-state index contributed by atoms with van der Waals surface area (Å²) in [6.45, 7) is 5.25. The third kappa shape index (κ3) is 7.95. The minimum Gasteiger partial charge on any atom is -0.549 e. The maximum atomic E-state index is 11.1. The largest absolute Gasteiger partial charge is 1.00 e. The van der Waals surface area contributed by atoms with Gasteiger partial charge in [0.2, 0.25) is 0 Å². The number of hydrogen-bond acceptors (Lipinski definition) is 4. The molecule has 100 valence electrons. The summed E-state index contributed by atoms with van der Waals surface area (Å²) in [4.78, 5) is 22.2. The van der Waals surface area contributed by atoms with Gasteiger partial charge < -0.3 is 19.8 Å². The van der Waals surface area contributed by atoms with E-state index < -0.39 is 23.3 Å². The van der Waals surface area contributed by atoms with Crippen molar-refractivity contribution in [1.82, 2.24) is 0 Å². The molecule has 0 saturated heterocycles. The van der Waals surface area contributed by atoms with Crippen molar-refractivity contribution in [3.63, 3.8) is 0 Å². The fraction of sp³-hybridized carbons (Fsp3) is 0.846. The Kier molecular flexibility index (Phi) is 17.8. The van der Waals surface area contributed by atoms with Gasteiger partial charge in [-0.3, -0.25) is 0 Å². The number of aliphatic carboxylic acids is 2. The minimum atomic E-state index is -1.84. The number of carboxylic acids is 2. The normalized spacial score (nSPS) is 10.5. The van der Waals surface area contributed by atoms with Crippen LogP contribution in [0.25, 0.3) is 0 Å². The van der Waals surface area contributed by atoms with Crippen LogP contribution in [0.3, 0.4) is 0 Å². The molecule has 0 heterocycles. The van der Waals surface area contributed by atoms with Crippen molar-refractivity contribution in [3.05, 3.63) is 0 Å². The number of rotatable bonds is 9. The fourth-order valence-corrected chi connectivity index (χ4v) is 2.05. The summed E-state index contributed by atoms with van der Waals surface area (Å²) in [6.07, 6.45) is 4.72. The molecule has 0 unspecified atom stereocenters. The van der Waals surface area contributed by atoms with Crippen molar-refractivity contribution in [2.75, 3.05) is 0 Å². The Morgan fingerprint density at radius 3 is 1.74 bits per heavy atom. The van der Waals surface area contributed by atoms with Crippen molar-refractivity contribution < 1.29 is 101 Å². The molecule has 6 heteroatoms. The first-order valence-corrected chi connectivity index (χ1v) is 6.32. The van der Waals surface area contributed by atoms with E-state index in [1.54, 1.807) is 13.8 Å².